The Balaban J connectivity index is 0.000000357. The monoisotopic (exact) mass is 1410 g/mol. The fraction of sp³-hybridized carbons (Fsp3) is 0.744. The van der Waals surface area contributed by atoms with E-state index >= 15 is 0 Å². The molecule has 3 fully saturated rings. The van der Waals surface area contributed by atoms with Crippen molar-refractivity contribution in [3.8, 4) is 0 Å². The number of carboxylic acid groups (broad SMARTS) is 1. The minimum absolute atomic E-state index is 0.0687. The summed E-state index contributed by atoms with van der Waals surface area (Å²) in [6.45, 7) is 22.6. The van der Waals surface area contributed by atoms with Crippen LogP contribution in [0.3, 0.4) is 0 Å². The van der Waals surface area contributed by atoms with Crippen LogP contribution in [-0.4, -0.2) is 188 Å². The smallest absolute Gasteiger partial charge is 0.334 e. The van der Waals surface area contributed by atoms with Crippen LogP contribution in [0.25, 0.3) is 11.2 Å². The van der Waals surface area contributed by atoms with E-state index in [2.05, 4.69) is 32.6 Å². The van der Waals surface area contributed by atoms with E-state index in [4.69, 9.17) is 59.7 Å². The van der Waals surface area contributed by atoms with Crippen molar-refractivity contribution in [3.05, 3.63) is 11.5 Å². The van der Waals surface area contributed by atoms with Gasteiger partial charge in [0, 0.05) is 62.3 Å². The number of hydrogen-bond donors (Lipinski definition) is 2. The Labute approximate surface area is 468 Å². The normalized spacial score (nSPS) is 25.1. The molecule has 0 spiro atoms. The summed E-state index contributed by atoms with van der Waals surface area (Å²) < 4.78 is 99.4. The standard InChI is InChI=1S/C14H21ClN5O3PS.C11H21O6P.C10H19O5PS.4C2H4O2.Pb/c1-4-22-24(3,21)6-5-9-23-13(8(2)25-9)20-7-17-10-11(15)18-14(16)19-12(10)20;1-5-14-18(4,13)7-6-10-15-8(2)11(17-10)16-9(3)12;1-4-14-16(3,13)6-5-8-15-9(10(11)12)7(2)17-8;4*1-2(3)4;/h7-9,13H,4-6H2,1-3H3,(H2,16,18,19);8,10-11H,5-7H2,1-4H3;7-9H,4-6H2,1-3H3,(H,11,12);4*1H3,(H,3,4);/q;;;;;;;+4/p-4/t8-,9-,13+,24?;8-,10+,11?,18?;7-,8-,9+,16?;;;;;/m111...../s1. The van der Waals surface area contributed by atoms with Crippen molar-refractivity contribution >= 4 is 133 Å². The van der Waals surface area contributed by atoms with Crippen molar-refractivity contribution in [3.63, 3.8) is 0 Å². The number of nitrogens with zero attached hydrogens (tertiary/aromatic N) is 4. The largest absolute Gasteiger partial charge is 0.479 e. The predicted octanol–water partition coefficient (Wildman–Crippen LogP) is 7.27. The molecule has 0 aliphatic carbocycles. The first kappa shape index (κ1) is 70.6. The van der Waals surface area contributed by atoms with E-state index in [-0.39, 0.29) is 44.8 Å². The van der Waals surface area contributed by atoms with Gasteiger partial charge in [0.1, 0.15) is 28.7 Å². The maximum Gasteiger partial charge on any atom is 0.334 e. The minimum atomic E-state index is -5.43. The third-order valence-electron chi connectivity index (χ3n) is 9.98. The number of carbonyl (C=O) groups excluding carboxylic acids is 5. The predicted molar refractivity (Wildman–Crippen MR) is 287 cm³/mol. The maximum atomic E-state index is 12.3. The Morgan fingerprint density at radius 2 is 1.13 bits per heavy atom. The number of halogens is 1. The van der Waals surface area contributed by atoms with Crippen molar-refractivity contribution < 1.29 is 95.6 Å². The average molecular weight is 1410 g/mol. The number of anilines is 1. The quantitative estimate of drug-likeness (QED) is 0.0506. The number of nitrogen functional groups attached to an aromatic ring is 1. The molecule has 2 aromatic heterocycles. The van der Waals surface area contributed by atoms with Crippen LogP contribution in [0.5, 0.6) is 0 Å². The van der Waals surface area contributed by atoms with Gasteiger partial charge in [0.25, 0.3) is 0 Å². The number of imidazole rings is 1. The van der Waals surface area contributed by atoms with Crippen LogP contribution in [0.1, 0.15) is 102 Å². The van der Waals surface area contributed by atoms with Crippen molar-refractivity contribution in [2.75, 3.05) is 64.0 Å². The first-order valence-electron chi connectivity index (χ1n) is 24.1. The van der Waals surface area contributed by atoms with Crippen LogP contribution in [0.2, 0.25) is 5.15 Å². The topological polar surface area (TPSA) is 354 Å². The number of rotatable bonds is 22. The van der Waals surface area contributed by atoms with Gasteiger partial charge in [-0.25, -0.2) is 9.78 Å². The number of hydrogen-bond acceptors (Lipinski definition) is 27. The molecule has 2 aromatic rings. The molecule has 4 unspecified atom stereocenters. The van der Waals surface area contributed by atoms with Gasteiger partial charge in [-0.15, -0.1) is 23.5 Å². The third kappa shape index (κ3) is 25.9. The van der Waals surface area contributed by atoms with E-state index in [1.807, 2.05) is 18.4 Å². The average Bonchev–Trinajstić information content (AvgIpc) is 4.06. The van der Waals surface area contributed by atoms with Gasteiger partial charge in [0.05, 0.1) is 26.1 Å². The Morgan fingerprint density at radius 3 is 1.55 bits per heavy atom. The molecule has 12 atom stereocenters. The fourth-order valence-corrected chi connectivity index (χ4v) is 20.6. The van der Waals surface area contributed by atoms with Gasteiger partial charge in [-0.1, -0.05) is 18.5 Å². The number of thioether (sulfide) groups is 2. The minimum Gasteiger partial charge on any atom is -0.479 e. The first-order chi connectivity index (χ1) is 35.7. The van der Waals surface area contributed by atoms with Crippen LogP contribution in [0, 0.1) is 0 Å². The fourth-order valence-electron chi connectivity index (χ4n) is 7.01. The van der Waals surface area contributed by atoms with Crippen LogP contribution in [0.4, 0.5) is 5.95 Å². The van der Waals surface area contributed by atoms with E-state index in [1.54, 1.807) is 58.9 Å². The van der Waals surface area contributed by atoms with E-state index in [0.29, 0.717) is 68.7 Å². The molecule has 34 heteroatoms. The Morgan fingerprint density at radius 1 is 0.688 bits per heavy atom. The Bertz CT molecular complexity index is 2400. The zero-order valence-corrected chi connectivity index (χ0v) is 54.5. The molecular formula is C43H73ClN5O22P3PbS2. The number of carbonyl (C=O) groups is 6. The maximum absolute atomic E-state index is 12.3. The Hall–Kier alpha value is -2.51. The summed E-state index contributed by atoms with van der Waals surface area (Å²) in [5.74, 6) is -4.77. The molecule has 440 valence electrons. The van der Waals surface area contributed by atoms with Crippen molar-refractivity contribution in [2.24, 2.45) is 0 Å². The summed E-state index contributed by atoms with van der Waals surface area (Å²) in [5, 5.41) is 9.22. The van der Waals surface area contributed by atoms with Gasteiger partial charge in [-0.05, 0) is 47.5 Å². The third-order valence-corrected chi connectivity index (χ3v) is 26.9. The first-order valence-corrected chi connectivity index (χ1v) is 39.4. The molecule has 77 heavy (non-hydrogen) atoms. The molecule has 0 saturated carbocycles. The molecular weight excluding hydrogens is 1340 g/mol. The van der Waals surface area contributed by atoms with Gasteiger partial charge in [-0.3, -0.25) is 23.1 Å². The summed E-state index contributed by atoms with van der Waals surface area (Å²) >= 11 is 3.83. The number of nitrogens with two attached hydrogens (primary N) is 1. The summed E-state index contributed by atoms with van der Waals surface area (Å²) in [5.41, 5.74) is 6.48. The van der Waals surface area contributed by atoms with Crippen LogP contribution in [0.15, 0.2) is 6.33 Å². The second kappa shape index (κ2) is 32.8. The SMILES string of the molecule is CC(=O)[O][Pb]([O]C(C)=O)([O]C(C)=O)[O]C(C)=O.CCOP(C)(=O)CC[C@@H]1OC(OC(C)=O)[C@@H](C)O1.CCOP(C)(=O)CC[C@@H]1O[C@H](C(=O)O)[C@@H](C)S1.CCOP(C)(=O)CC[C@@H]1O[C@H](n2cnc3c(Cl)nc(N)nc32)[C@@H](C)S1. The van der Waals surface area contributed by atoms with Gasteiger partial charge < -0.3 is 48.1 Å². The molecule has 3 saturated heterocycles. The zero-order chi connectivity index (χ0) is 58.6. The zero-order valence-electron chi connectivity index (χ0n) is 45.6. The summed E-state index contributed by atoms with van der Waals surface area (Å²) in [4.78, 5) is 77.6. The molecule has 5 rings (SSSR count). The molecule has 0 radical (unpaired) electrons. The van der Waals surface area contributed by atoms with Gasteiger partial charge in [0.2, 0.25) is 12.2 Å². The number of aliphatic carboxylic acids is 1. The Kier molecular flexibility index (Phi) is 30.1. The number of ether oxygens (including phenoxy) is 5. The number of fused-ring (bicyclic) bond motifs is 1. The van der Waals surface area contributed by atoms with Crippen LogP contribution >= 0.6 is 57.2 Å². The molecule has 27 nitrogen and oxygen atoms in total. The molecule has 3 N–H and O–H groups in total. The summed E-state index contributed by atoms with van der Waals surface area (Å²) in [7, 11) is -7.69. The second-order valence-corrected chi connectivity index (χ2v) is 36.0. The van der Waals surface area contributed by atoms with Crippen molar-refractivity contribution in [1.82, 2.24) is 19.5 Å². The molecule has 0 aromatic carbocycles. The van der Waals surface area contributed by atoms with Gasteiger partial charge >= 0.3 is 116 Å². The molecule has 3 aliphatic rings. The second-order valence-electron chi connectivity index (χ2n) is 17.3. The van der Waals surface area contributed by atoms with Gasteiger partial charge in [0.15, 0.2) is 45.3 Å². The number of aromatic nitrogens is 4. The molecule has 3 aliphatic heterocycles. The van der Waals surface area contributed by atoms with E-state index in [0.717, 1.165) is 27.7 Å². The number of carboxylic acids is 1. The number of esters is 1. The summed E-state index contributed by atoms with van der Waals surface area (Å²) in [6.07, 6.45) is 2.09. The molecule has 0 bridgehead atoms. The molecule has 5 heterocycles. The molecule has 0 amide bonds. The van der Waals surface area contributed by atoms with Crippen molar-refractivity contribution in [1.29, 1.82) is 0 Å². The van der Waals surface area contributed by atoms with Gasteiger partial charge in [-0.2, -0.15) is 9.97 Å². The van der Waals surface area contributed by atoms with E-state index in [9.17, 15) is 42.5 Å². The van der Waals surface area contributed by atoms with E-state index in [1.165, 1.54) is 18.7 Å². The van der Waals surface area contributed by atoms with E-state index < -0.39 is 99.6 Å². The van der Waals surface area contributed by atoms with Crippen LogP contribution < -0.4 is 5.73 Å². The van der Waals surface area contributed by atoms with Crippen LogP contribution in [-0.2, 0) is 90.5 Å². The van der Waals surface area contributed by atoms with Crippen molar-refractivity contribution in [2.45, 2.75) is 148 Å². The summed E-state index contributed by atoms with van der Waals surface area (Å²) in [6, 6.07) is 0.